The SMILES string of the molecule is CCN(C(=O)[C@@H]1C[C@H](N2CCOC(CO)C2)CN1c1nc(C)cc(C(F)(F)F)c1C#N)c1ccc(Cl)c(Cl)c1. The van der Waals surface area contributed by atoms with E-state index in [0.29, 0.717) is 30.4 Å². The number of hydrogen-bond acceptors (Lipinski definition) is 7. The molecule has 39 heavy (non-hydrogen) atoms. The predicted octanol–water partition coefficient (Wildman–Crippen LogP) is 4.28. The number of morpholine rings is 1. The molecule has 13 heteroatoms. The lowest BCUT2D eigenvalue weighted by Gasteiger charge is -2.36. The van der Waals surface area contributed by atoms with E-state index in [4.69, 9.17) is 27.9 Å². The molecular formula is C26H28Cl2F3N5O3. The van der Waals surface area contributed by atoms with E-state index >= 15 is 0 Å². The van der Waals surface area contributed by atoms with Crippen LogP contribution in [0.5, 0.6) is 0 Å². The van der Waals surface area contributed by atoms with Crippen LogP contribution >= 0.6 is 23.2 Å². The smallest absolute Gasteiger partial charge is 0.394 e. The van der Waals surface area contributed by atoms with E-state index in [1.807, 2.05) is 0 Å². The number of pyridine rings is 1. The van der Waals surface area contributed by atoms with Gasteiger partial charge in [-0.05, 0) is 44.5 Å². The van der Waals surface area contributed by atoms with Crippen molar-refractivity contribution < 1.29 is 27.8 Å². The number of benzene rings is 1. The van der Waals surface area contributed by atoms with Gasteiger partial charge in [-0.3, -0.25) is 9.69 Å². The summed E-state index contributed by atoms with van der Waals surface area (Å²) in [4.78, 5) is 23.5. The fourth-order valence-corrected chi connectivity index (χ4v) is 5.52. The van der Waals surface area contributed by atoms with Crippen molar-refractivity contribution >= 4 is 40.6 Å². The van der Waals surface area contributed by atoms with Gasteiger partial charge < -0.3 is 19.6 Å². The molecule has 0 radical (unpaired) electrons. The molecule has 1 aromatic heterocycles. The first-order valence-electron chi connectivity index (χ1n) is 12.5. The van der Waals surface area contributed by atoms with Gasteiger partial charge in [0.05, 0.1) is 34.9 Å². The van der Waals surface area contributed by atoms with Crippen LogP contribution in [0.4, 0.5) is 24.7 Å². The molecule has 0 spiro atoms. The molecule has 0 bridgehead atoms. The molecule has 3 heterocycles. The maximum absolute atomic E-state index is 14.1. The number of ether oxygens (including phenoxy) is 1. The summed E-state index contributed by atoms with van der Waals surface area (Å²) in [6.45, 7) is 4.75. The summed E-state index contributed by atoms with van der Waals surface area (Å²) in [7, 11) is 0. The Labute approximate surface area is 234 Å². The molecule has 1 N–H and O–H groups in total. The van der Waals surface area contributed by atoms with Crippen molar-refractivity contribution in [3.8, 4) is 6.07 Å². The number of halogens is 5. The quantitative estimate of drug-likeness (QED) is 0.541. The number of carbonyl (C=O) groups is 1. The average molecular weight is 586 g/mol. The lowest BCUT2D eigenvalue weighted by atomic mass is 10.1. The number of rotatable bonds is 6. The lowest BCUT2D eigenvalue weighted by Crippen LogP contribution is -2.49. The molecule has 0 saturated carbocycles. The van der Waals surface area contributed by atoms with E-state index in [1.54, 1.807) is 31.2 Å². The second kappa shape index (κ2) is 11.9. The average Bonchev–Trinajstić information content (AvgIpc) is 3.35. The van der Waals surface area contributed by atoms with Crippen molar-refractivity contribution in [2.75, 3.05) is 49.2 Å². The summed E-state index contributed by atoms with van der Waals surface area (Å²) in [5.74, 6) is -0.547. The number of aryl methyl sites for hydroxylation is 1. The van der Waals surface area contributed by atoms with Crippen LogP contribution in [0.1, 0.15) is 30.2 Å². The van der Waals surface area contributed by atoms with E-state index < -0.39 is 29.4 Å². The van der Waals surface area contributed by atoms with Gasteiger partial charge in [-0.15, -0.1) is 0 Å². The summed E-state index contributed by atoms with van der Waals surface area (Å²) >= 11 is 12.3. The van der Waals surface area contributed by atoms with Crippen LogP contribution < -0.4 is 9.80 Å². The normalized spacial score (nSPS) is 22.1. The molecule has 4 rings (SSSR count). The zero-order valence-electron chi connectivity index (χ0n) is 21.4. The van der Waals surface area contributed by atoms with Gasteiger partial charge in [0.1, 0.15) is 23.5 Å². The maximum atomic E-state index is 14.1. The van der Waals surface area contributed by atoms with Gasteiger partial charge in [0.15, 0.2) is 0 Å². The molecule has 3 atom stereocenters. The van der Waals surface area contributed by atoms with Gasteiger partial charge in [0.25, 0.3) is 0 Å². The fraction of sp³-hybridized carbons (Fsp3) is 0.500. The Morgan fingerprint density at radius 2 is 2.03 bits per heavy atom. The second-order valence-electron chi connectivity index (χ2n) is 9.53. The van der Waals surface area contributed by atoms with Crippen molar-refractivity contribution in [1.29, 1.82) is 5.26 Å². The van der Waals surface area contributed by atoms with Gasteiger partial charge in [-0.2, -0.15) is 18.4 Å². The highest BCUT2D eigenvalue weighted by Gasteiger charge is 2.45. The number of alkyl halides is 3. The molecule has 2 aliphatic heterocycles. The number of aromatic nitrogens is 1. The van der Waals surface area contributed by atoms with E-state index in [-0.39, 0.29) is 54.6 Å². The molecular weight excluding hydrogens is 558 g/mol. The van der Waals surface area contributed by atoms with Crippen LogP contribution in [0.25, 0.3) is 0 Å². The highest BCUT2D eigenvalue weighted by atomic mass is 35.5. The van der Waals surface area contributed by atoms with E-state index in [2.05, 4.69) is 9.88 Å². The van der Waals surface area contributed by atoms with Crippen LogP contribution in [-0.4, -0.2) is 78.5 Å². The zero-order chi connectivity index (χ0) is 28.5. The Morgan fingerprint density at radius 1 is 1.28 bits per heavy atom. The molecule has 1 unspecified atom stereocenters. The summed E-state index contributed by atoms with van der Waals surface area (Å²) in [6, 6.07) is 6.13. The highest BCUT2D eigenvalue weighted by molar-refractivity contribution is 6.42. The van der Waals surface area contributed by atoms with Gasteiger partial charge in [0.2, 0.25) is 5.91 Å². The van der Waals surface area contributed by atoms with Crippen LogP contribution in [0.15, 0.2) is 24.3 Å². The number of carbonyl (C=O) groups excluding carboxylic acids is 1. The Morgan fingerprint density at radius 3 is 2.64 bits per heavy atom. The summed E-state index contributed by atoms with van der Waals surface area (Å²) < 4.78 is 47.3. The number of nitrogens with zero attached hydrogens (tertiary/aromatic N) is 5. The third-order valence-electron chi connectivity index (χ3n) is 7.07. The lowest BCUT2D eigenvalue weighted by molar-refractivity contribution is -0.137. The largest absolute Gasteiger partial charge is 0.417 e. The highest BCUT2D eigenvalue weighted by Crippen LogP contribution is 2.39. The number of aliphatic hydroxyl groups excluding tert-OH is 1. The fourth-order valence-electron chi connectivity index (χ4n) is 5.23. The standard InChI is InChI=1S/C26H28Cl2F3N5O3/c1-3-35(16-4-5-21(27)22(28)9-16)25(38)23-10-17(34-6-7-39-18(13-34)14-37)12-36(23)24-19(11-32)20(26(29,30)31)8-15(2)33-24/h4-5,8-9,17-18,23,37H,3,6-7,10,12-14H2,1-2H3/t17-,18?,23-/m0/s1. The van der Waals surface area contributed by atoms with Crippen LogP contribution in [-0.2, 0) is 15.7 Å². The van der Waals surface area contributed by atoms with E-state index in [9.17, 15) is 28.3 Å². The summed E-state index contributed by atoms with van der Waals surface area (Å²) in [5, 5.41) is 20.0. The van der Waals surface area contributed by atoms with Crippen molar-refractivity contribution in [1.82, 2.24) is 9.88 Å². The summed E-state index contributed by atoms with van der Waals surface area (Å²) in [5.41, 5.74) is -1.15. The van der Waals surface area contributed by atoms with Gasteiger partial charge in [-0.1, -0.05) is 23.2 Å². The van der Waals surface area contributed by atoms with E-state index in [0.717, 1.165) is 6.07 Å². The van der Waals surface area contributed by atoms with Gasteiger partial charge in [-0.25, -0.2) is 4.98 Å². The minimum Gasteiger partial charge on any atom is -0.394 e. The predicted molar refractivity (Wildman–Crippen MR) is 141 cm³/mol. The van der Waals surface area contributed by atoms with Crippen molar-refractivity contribution in [2.24, 2.45) is 0 Å². The number of nitriles is 1. The first-order valence-corrected chi connectivity index (χ1v) is 13.2. The molecule has 0 aliphatic carbocycles. The molecule has 1 aromatic carbocycles. The topological polar surface area (TPSA) is 92.9 Å². The van der Waals surface area contributed by atoms with Gasteiger partial charge in [0, 0.05) is 43.6 Å². The molecule has 210 valence electrons. The summed E-state index contributed by atoms with van der Waals surface area (Å²) in [6.07, 6.45) is -4.91. The van der Waals surface area contributed by atoms with Crippen molar-refractivity contribution in [3.63, 3.8) is 0 Å². The molecule has 2 aliphatic rings. The Kier molecular flexibility index (Phi) is 8.93. The Bertz CT molecular complexity index is 1270. The molecule has 2 fully saturated rings. The number of likely N-dealkylation sites (N-methyl/N-ethyl adjacent to an activating group) is 1. The number of aliphatic hydroxyl groups is 1. The van der Waals surface area contributed by atoms with E-state index in [1.165, 1.54) is 16.7 Å². The Hall–Kier alpha value is -2.62. The van der Waals surface area contributed by atoms with Crippen molar-refractivity contribution in [3.05, 3.63) is 51.1 Å². The molecule has 1 amide bonds. The van der Waals surface area contributed by atoms with Gasteiger partial charge >= 0.3 is 6.18 Å². The monoisotopic (exact) mass is 585 g/mol. The molecule has 2 aromatic rings. The maximum Gasteiger partial charge on any atom is 0.417 e. The first-order chi connectivity index (χ1) is 18.5. The minimum atomic E-state index is -4.78. The second-order valence-corrected chi connectivity index (χ2v) is 10.3. The third kappa shape index (κ3) is 6.10. The Balaban J connectivity index is 1.78. The first kappa shape index (κ1) is 29.4. The van der Waals surface area contributed by atoms with Crippen molar-refractivity contribution in [2.45, 2.75) is 44.6 Å². The zero-order valence-corrected chi connectivity index (χ0v) is 22.9. The van der Waals surface area contributed by atoms with Crippen LogP contribution in [0, 0.1) is 18.3 Å². The minimum absolute atomic E-state index is 0.0783. The third-order valence-corrected chi connectivity index (χ3v) is 7.81. The van der Waals surface area contributed by atoms with Crippen LogP contribution in [0.2, 0.25) is 10.0 Å². The molecule has 8 nitrogen and oxygen atoms in total. The van der Waals surface area contributed by atoms with Crippen LogP contribution in [0.3, 0.4) is 0 Å². The molecule has 2 saturated heterocycles. The number of anilines is 2. The number of hydrogen-bond donors (Lipinski definition) is 1. The number of amides is 1.